The van der Waals surface area contributed by atoms with E-state index in [9.17, 15) is 0 Å². The van der Waals surface area contributed by atoms with Crippen molar-refractivity contribution in [2.24, 2.45) is 0 Å². The Kier molecular flexibility index (Phi) is 2.15. The average molecular weight is 210 g/mol. The molecular formula is C14H14N2. The van der Waals surface area contributed by atoms with E-state index in [-0.39, 0.29) is 0 Å². The Bertz CT molecular complexity index is 518. The highest BCUT2D eigenvalue weighted by atomic mass is 14.9. The number of benzene rings is 2. The van der Waals surface area contributed by atoms with Crippen LogP contribution in [-0.4, -0.2) is 0 Å². The summed E-state index contributed by atoms with van der Waals surface area (Å²) >= 11 is 0. The fraction of sp³-hybridized carbons (Fsp3) is 0.143. The number of rotatable bonds is 1. The van der Waals surface area contributed by atoms with Crippen molar-refractivity contribution in [2.45, 2.75) is 13.1 Å². The fourth-order valence-corrected chi connectivity index (χ4v) is 2.32. The molecule has 2 aromatic rings. The molecule has 0 aliphatic carbocycles. The first-order valence-electron chi connectivity index (χ1n) is 5.52. The van der Waals surface area contributed by atoms with Crippen LogP contribution in [0.15, 0.2) is 42.5 Å². The summed E-state index contributed by atoms with van der Waals surface area (Å²) < 4.78 is 0. The van der Waals surface area contributed by atoms with Crippen LogP contribution in [0.25, 0.3) is 11.1 Å². The molecular weight excluding hydrogens is 196 g/mol. The van der Waals surface area contributed by atoms with Crippen LogP contribution in [0.5, 0.6) is 0 Å². The zero-order valence-corrected chi connectivity index (χ0v) is 9.03. The molecule has 0 aromatic heterocycles. The summed E-state index contributed by atoms with van der Waals surface area (Å²) in [5, 5.41) is 3.36. The van der Waals surface area contributed by atoms with E-state index in [1.807, 2.05) is 12.1 Å². The number of nitrogens with one attached hydrogen (secondary N) is 1. The highest BCUT2D eigenvalue weighted by Gasteiger charge is 2.17. The average Bonchev–Trinajstić information content (AvgIpc) is 2.81. The Morgan fingerprint density at radius 3 is 2.44 bits per heavy atom. The van der Waals surface area contributed by atoms with Crippen molar-refractivity contribution in [1.82, 2.24) is 5.32 Å². The maximum Gasteiger partial charge on any atom is 0.0363 e. The van der Waals surface area contributed by atoms with E-state index in [1.165, 1.54) is 22.3 Å². The Labute approximate surface area is 95.1 Å². The molecule has 1 aliphatic rings. The van der Waals surface area contributed by atoms with Gasteiger partial charge in [-0.05, 0) is 28.3 Å². The molecule has 0 spiro atoms. The molecule has 0 amide bonds. The number of hydrogen-bond acceptors (Lipinski definition) is 2. The lowest BCUT2D eigenvalue weighted by molar-refractivity contribution is 0.766. The molecule has 2 heteroatoms. The number of nitrogens with two attached hydrogens (primary N) is 1. The van der Waals surface area contributed by atoms with Crippen LogP contribution < -0.4 is 11.1 Å². The molecule has 0 saturated carbocycles. The molecule has 0 fully saturated rings. The lowest BCUT2D eigenvalue weighted by atomic mass is 9.96. The molecule has 1 heterocycles. The molecule has 1 aliphatic heterocycles. The lowest BCUT2D eigenvalue weighted by Gasteiger charge is -2.09. The van der Waals surface area contributed by atoms with Crippen molar-refractivity contribution in [3.8, 4) is 11.1 Å². The van der Waals surface area contributed by atoms with Gasteiger partial charge in [0.25, 0.3) is 0 Å². The van der Waals surface area contributed by atoms with Gasteiger partial charge in [0.1, 0.15) is 0 Å². The fourth-order valence-electron chi connectivity index (χ4n) is 2.32. The third-order valence-corrected chi connectivity index (χ3v) is 3.16. The van der Waals surface area contributed by atoms with Gasteiger partial charge in [0.15, 0.2) is 0 Å². The Morgan fingerprint density at radius 1 is 0.875 bits per heavy atom. The van der Waals surface area contributed by atoms with E-state index in [0.717, 1.165) is 18.8 Å². The largest absolute Gasteiger partial charge is 0.398 e. The normalized spacial score (nSPS) is 13.8. The van der Waals surface area contributed by atoms with Crippen molar-refractivity contribution >= 4 is 5.69 Å². The number of nitrogen functional groups attached to an aromatic ring is 1. The molecule has 0 atom stereocenters. The van der Waals surface area contributed by atoms with Gasteiger partial charge in [-0.25, -0.2) is 0 Å². The SMILES string of the molecule is Nc1ccc(-c2ccccc2)c2c1CNC2. The Morgan fingerprint density at radius 2 is 1.62 bits per heavy atom. The van der Waals surface area contributed by atoms with Crippen molar-refractivity contribution in [3.05, 3.63) is 53.6 Å². The smallest absolute Gasteiger partial charge is 0.0363 e. The van der Waals surface area contributed by atoms with Crippen molar-refractivity contribution in [1.29, 1.82) is 0 Å². The Balaban J connectivity index is 2.20. The molecule has 16 heavy (non-hydrogen) atoms. The van der Waals surface area contributed by atoms with Crippen LogP contribution in [0.1, 0.15) is 11.1 Å². The highest BCUT2D eigenvalue weighted by Crippen LogP contribution is 2.32. The molecule has 80 valence electrons. The van der Waals surface area contributed by atoms with Crippen LogP contribution in [0, 0.1) is 0 Å². The lowest BCUT2D eigenvalue weighted by Crippen LogP contribution is -2.00. The van der Waals surface area contributed by atoms with Gasteiger partial charge in [-0.15, -0.1) is 0 Å². The van der Waals surface area contributed by atoms with Crippen molar-refractivity contribution in [2.75, 3.05) is 5.73 Å². The van der Waals surface area contributed by atoms with E-state index < -0.39 is 0 Å². The number of anilines is 1. The van der Waals surface area contributed by atoms with Crippen LogP contribution in [0.2, 0.25) is 0 Å². The topological polar surface area (TPSA) is 38.0 Å². The Hall–Kier alpha value is -1.80. The summed E-state index contributed by atoms with van der Waals surface area (Å²) in [6.07, 6.45) is 0. The van der Waals surface area contributed by atoms with Crippen LogP contribution in [0.3, 0.4) is 0 Å². The summed E-state index contributed by atoms with van der Waals surface area (Å²) in [6, 6.07) is 14.6. The van der Waals surface area contributed by atoms with E-state index in [2.05, 4.69) is 35.6 Å². The predicted molar refractivity (Wildman–Crippen MR) is 66.8 cm³/mol. The zero-order valence-electron chi connectivity index (χ0n) is 9.03. The second-order valence-corrected chi connectivity index (χ2v) is 4.13. The van der Waals surface area contributed by atoms with E-state index in [0.29, 0.717) is 0 Å². The maximum absolute atomic E-state index is 5.98. The third-order valence-electron chi connectivity index (χ3n) is 3.16. The molecule has 2 aromatic carbocycles. The minimum atomic E-state index is 0.891. The van der Waals surface area contributed by atoms with Gasteiger partial charge in [-0.3, -0.25) is 0 Å². The van der Waals surface area contributed by atoms with Crippen LogP contribution in [-0.2, 0) is 13.1 Å². The summed E-state index contributed by atoms with van der Waals surface area (Å²) in [5.41, 5.74) is 12.1. The summed E-state index contributed by atoms with van der Waals surface area (Å²) in [4.78, 5) is 0. The van der Waals surface area contributed by atoms with E-state index in [4.69, 9.17) is 5.73 Å². The number of hydrogen-bond donors (Lipinski definition) is 2. The second kappa shape index (κ2) is 3.65. The van der Waals surface area contributed by atoms with Gasteiger partial charge in [-0.2, -0.15) is 0 Å². The van der Waals surface area contributed by atoms with Gasteiger partial charge in [-0.1, -0.05) is 36.4 Å². The van der Waals surface area contributed by atoms with Crippen molar-refractivity contribution < 1.29 is 0 Å². The summed E-state index contributed by atoms with van der Waals surface area (Å²) in [6.45, 7) is 1.81. The standard InChI is InChI=1S/C14H14N2/c15-14-7-6-11(10-4-2-1-3-5-10)12-8-16-9-13(12)14/h1-7,16H,8-9,15H2. The van der Waals surface area contributed by atoms with Crippen LogP contribution >= 0.6 is 0 Å². The molecule has 0 unspecified atom stereocenters. The molecule has 0 radical (unpaired) electrons. The molecule has 3 N–H and O–H groups in total. The van der Waals surface area contributed by atoms with Gasteiger partial charge >= 0.3 is 0 Å². The van der Waals surface area contributed by atoms with E-state index in [1.54, 1.807) is 0 Å². The second-order valence-electron chi connectivity index (χ2n) is 4.13. The first-order chi connectivity index (χ1) is 7.86. The summed E-state index contributed by atoms with van der Waals surface area (Å²) in [7, 11) is 0. The van der Waals surface area contributed by atoms with Crippen molar-refractivity contribution in [3.63, 3.8) is 0 Å². The van der Waals surface area contributed by atoms with Gasteiger partial charge in [0, 0.05) is 18.8 Å². The predicted octanol–water partition coefficient (Wildman–Crippen LogP) is 2.54. The quantitative estimate of drug-likeness (QED) is 0.710. The maximum atomic E-state index is 5.98. The first kappa shape index (κ1) is 9.43. The monoisotopic (exact) mass is 210 g/mol. The van der Waals surface area contributed by atoms with Crippen LogP contribution in [0.4, 0.5) is 5.69 Å². The molecule has 0 saturated heterocycles. The van der Waals surface area contributed by atoms with Gasteiger partial charge in [0.2, 0.25) is 0 Å². The minimum Gasteiger partial charge on any atom is -0.398 e. The highest BCUT2D eigenvalue weighted by molar-refractivity contribution is 5.73. The minimum absolute atomic E-state index is 0.891. The van der Waals surface area contributed by atoms with Gasteiger partial charge in [0.05, 0.1) is 0 Å². The third kappa shape index (κ3) is 1.39. The zero-order chi connectivity index (χ0) is 11.0. The van der Waals surface area contributed by atoms with E-state index >= 15 is 0 Å². The first-order valence-corrected chi connectivity index (χ1v) is 5.52. The molecule has 3 rings (SSSR count). The molecule has 2 nitrogen and oxygen atoms in total. The van der Waals surface area contributed by atoms with Gasteiger partial charge < -0.3 is 11.1 Å². The summed E-state index contributed by atoms with van der Waals surface area (Å²) in [5.74, 6) is 0. The number of fused-ring (bicyclic) bond motifs is 1. The molecule has 0 bridgehead atoms.